The molecule has 1 aliphatic heterocycles. The lowest BCUT2D eigenvalue weighted by Crippen LogP contribution is -2.53. The molecular weight excluding hydrogens is 256 g/mol. The second-order valence-electron chi connectivity index (χ2n) is 5.36. The molecule has 0 saturated carbocycles. The first kappa shape index (κ1) is 14.9. The molecule has 1 unspecified atom stereocenters. The van der Waals surface area contributed by atoms with Crippen molar-refractivity contribution in [1.82, 2.24) is 29.9 Å². The van der Waals surface area contributed by atoms with Crippen LogP contribution in [0.5, 0.6) is 0 Å². The third kappa shape index (κ3) is 3.77. The SMILES string of the molecule is CC(C(=O)NCCc1ncnn1C)N1CCN(C)CC1. The molecule has 1 saturated heterocycles. The Hall–Kier alpha value is -1.47. The van der Waals surface area contributed by atoms with E-state index in [-0.39, 0.29) is 11.9 Å². The predicted octanol–water partition coefficient (Wildman–Crippen LogP) is -0.890. The number of aryl methyl sites for hydroxylation is 1. The summed E-state index contributed by atoms with van der Waals surface area (Å²) in [4.78, 5) is 20.8. The van der Waals surface area contributed by atoms with Gasteiger partial charge in [-0.25, -0.2) is 4.98 Å². The van der Waals surface area contributed by atoms with Crippen molar-refractivity contribution in [3.8, 4) is 0 Å². The van der Waals surface area contributed by atoms with Crippen molar-refractivity contribution in [1.29, 1.82) is 0 Å². The highest BCUT2D eigenvalue weighted by Crippen LogP contribution is 2.05. The molecule has 1 atom stereocenters. The van der Waals surface area contributed by atoms with Crippen LogP contribution in [0, 0.1) is 0 Å². The Bertz CT molecular complexity index is 438. The van der Waals surface area contributed by atoms with E-state index in [2.05, 4.69) is 32.2 Å². The second kappa shape index (κ2) is 6.81. The Morgan fingerprint density at radius 2 is 2.05 bits per heavy atom. The molecular formula is C13H24N6O. The fourth-order valence-corrected chi connectivity index (χ4v) is 2.37. The van der Waals surface area contributed by atoms with Gasteiger partial charge in [0.1, 0.15) is 12.2 Å². The molecule has 0 bridgehead atoms. The number of carbonyl (C=O) groups is 1. The number of nitrogens with one attached hydrogen (secondary N) is 1. The van der Waals surface area contributed by atoms with Gasteiger partial charge in [0, 0.05) is 46.2 Å². The van der Waals surface area contributed by atoms with Crippen molar-refractivity contribution in [3.63, 3.8) is 0 Å². The molecule has 20 heavy (non-hydrogen) atoms. The molecule has 1 aromatic rings. The number of nitrogens with zero attached hydrogens (tertiary/aromatic N) is 5. The molecule has 0 spiro atoms. The molecule has 1 aliphatic rings. The van der Waals surface area contributed by atoms with Gasteiger partial charge in [0.25, 0.3) is 0 Å². The second-order valence-corrected chi connectivity index (χ2v) is 5.36. The maximum Gasteiger partial charge on any atom is 0.237 e. The minimum Gasteiger partial charge on any atom is -0.354 e. The fourth-order valence-electron chi connectivity index (χ4n) is 2.37. The summed E-state index contributed by atoms with van der Waals surface area (Å²) in [7, 11) is 3.97. The molecule has 1 N–H and O–H groups in total. The number of carbonyl (C=O) groups excluding carboxylic acids is 1. The summed E-state index contributed by atoms with van der Waals surface area (Å²) < 4.78 is 1.73. The van der Waals surface area contributed by atoms with Crippen LogP contribution in [0.4, 0.5) is 0 Å². The monoisotopic (exact) mass is 280 g/mol. The topological polar surface area (TPSA) is 66.3 Å². The van der Waals surface area contributed by atoms with E-state index < -0.39 is 0 Å². The van der Waals surface area contributed by atoms with E-state index >= 15 is 0 Å². The maximum absolute atomic E-state index is 12.1. The Morgan fingerprint density at radius 1 is 1.35 bits per heavy atom. The zero-order chi connectivity index (χ0) is 14.5. The van der Waals surface area contributed by atoms with E-state index in [1.807, 2.05) is 14.0 Å². The quantitative estimate of drug-likeness (QED) is 0.758. The van der Waals surface area contributed by atoms with Gasteiger partial charge >= 0.3 is 0 Å². The lowest BCUT2D eigenvalue weighted by molar-refractivity contribution is -0.126. The van der Waals surface area contributed by atoms with Crippen molar-refractivity contribution in [3.05, 3.63) is 12.2 Å². The predicted molar refractivity (Wildman–Crippen MR) is 76.2 cm³/mol. The Labute approximate surface area is 119 Å². The molecule has 2 heterocycles. The van der Waals surface area contributed by atoms with E-state index in [0.717, 1.165) is 32.0 Å². The number of rotatable bonds is 5. The molecule has 112 valence electrons. The van der Waals surface area contributed by atoms with Crippen molar-refractivity contribution in [2.24, 2.45) is 7.05 Å². The van der Waals surface area contributed by atoms with Crippen LogP contribution in [0.3, 0.4) is 0 Å². The number of hydrogen-bond donors (Lipinski definition) is 1. The third-order valence-electron chi connectivity index (χ3n) is 3.92. The minimum absolute atomic E-state index is 0.0665. The van der Waals surface area contributed by atoms with E-state index in [9.17, 15) is 4.79 Å². The molecule has 7 heteroatoms. The Morgan fingerprint density at radius 3 is 2.65 bits per heavy atom. The Kier molecular flexibility index (Phi) is 5.08. The largest absolute Gasteiger partial charge is 0.354 e. The summed E-state index contributed by atoms with van der Waals surface area (Å²) >= 11 is 0. The third-order valence-corrected chi connectivity index (χ3v) is 3.92. The van der Waals surface area contributed by atoms with Gasteiger partial charge in [0.2, 0.25) is 5.91 Å². The van der Waals surface area contributed by atoms with Crippen LogP contribution in [-0.2, 0) is 18.3 Å². The van der Waals surface area contributed by atoms with Crippen LogP contribution in [0.2, 0.25) is 0 Å². The van der Waals surface area contributed by atoms with Gasteiger partial charge in [0.15, 0.2) is 0 Å². The summed E-state index contributed by atoms with van der Waals surface area (Å²) in [5.74, 6) is 0.981. The molecule has 0 aromatic carbocycles. The van der Waals surface area contributed by atoms with Crippen LogP contribution in [0.25, 0.3) is 0 Å². The van der Waals surface area contributed by atoms with E-state index in [0.29, 0.717) is 13.0 Å². The van der Waals surface area contributed by atoms with Crippen LogP contribution in [-0.4, -0.2) is 76.3 Å². The minimum atomic E-state index is -0.0665. The average molecular weight is 280 g/mol. The summed E-state index contributed by atoms with van der Waals surface area (Å²) in [5.41, 5.74) is 0. The van der Waals surface area contributed by atoms with Crippen molar-refractivity contribution in [2.75, 3.05) is 39.8 Å². The highest BCUT2D eigenvalue weighted by molar-refractivity contribution is 5.81. The fraction of sp³-hybridized carbons (Fsp3) is 0.769. The number of likely N-dealkylation sites (N-methyl/N-ethyl adjacent to an activating group) is 1. The number of amides is 1. The summed E-state index contributed by atoms with van der Waals surface area (Å²) in [6.07, 6.45) is 2.24. The van der Waals surface area contributed by atoms with Gasteiger partial charge in [-0.3, -0.25) is 14.4 Å². The highest BCUT2D eigenvalue weighted by Gasteiger charge is 2.23. The van der Waals surface area contributed by atoms with Crippen molar-refractivity contribution >= 4 is 5.91 Å². The van der Waals surface area contributed by atoms with E-state index in [1.54, 1.807) is 4.68 Å². The van der Waals surface area contributed by atoms with Gasteiger partial charge in [-0.2, -0.15) is 5.10 Å². The van der Waals surface area contributed by atoms with Crippen LogP contribution in [0.15, 0.2) is 6.33 Å². The standard InChI is InChI=1S/C13H24N6O/c1-11(19-8-6-17(2)7-9-19)13(20)14-5-4-12-15-10-16-18(12)3/h10-11H,4-9H2,1-3H3,(H,14,20). The van der Waals surface area contributed by atoms with Crippen molar-refractivity contribution < 1.29 is 4.79 Å². The summed E-state index contributed by atoms with van der Waals surface area (Å²) in [6.45, 7) is 6.53. The molecule has 7 nitrogen and oxygen atoms in total. The van der Waals surface area contributed by atoms with Crippen molar-refractivity contribution in [2.45, 2.75) is 19.4 Å². The maximum atomic E-state index is 12.1. The number of piperazine rings is 1. The van der Waals surface area contributed by atoms with E-state index in [1.165, 1.54) is 6.33 Å². The molecule has 2 rings (SSSR count). The molecule has 1 fully saturated rings. The van der Waals surface area contributed by atoms with Gasteiger partial charge < -0.3 is 10.2 Å². The highest BCUT2D eigenvalue weighted by atomic mass is 16.2. The van der Waals surface area contributed by atoms with E-state index in [4.69, 9.17) is 0 Å². The first-order chi connectivity index (χ1) is 9.58. The zero-order valence-electron chi connectivity index (χ0n) is 12.5. The summed E-state index contributed by atoms with van der Waals surface area (Å²) in [5, 5.41) is 6.99. The first-order valence-electron chi connectivity index (χ1n) is 7.11. The molecule has 1 amide bonds. The number of hydrogen-bond acceptors (Lipinski definition) is 5. The van der Waals surface area contributed by atoms with Crippen LogP contribution in [0.1, 0.15) is 12.7 Å². The zero-order valence-corrected chi connectivity index (χ0v) is 12.5. The van der Waals surface area contributed by atoms with Gasteiger partial charge in [-0.1, -0.05) is 0 Å². The Balaban J connectivity index is 1.72. The van der Waals surface area contributed by atoms with Crippen LogP contribution < -0.4 is 5.32 Å². The van der Waals surface area contributed by atoms with Gasteiger partial charge in [-0.05, 0) is 14.0 Å². The molecule has 0 radical (unpaired) electrons. The van der Waals surface area contributed by atoms with Gasteiger partial charge in [0.05, 0.1) is 6.04 Å². The summed E-state index contributed by atoms with van der Waals surface area (Å²) in [6, 6.07) is -0.0665. The normalized spacial score (nSPS) is 18.9. The van der Waals surface area contributed by atoms with Gasteiger partial charge in [-0.15, -0.1) is 0 Å². The average Bonchev–Trinajstić information content (AvgIpc) is 2.84. The van der Waals surface area contributed by atoms with Crippen LogP contribution >= 0.6 is 0 Å². The lowest BCUT2D eigenvalue weighted by Gasteiger charge is -2.35. The molecule has 1 aromatic heterocycles. The number of aromatic nitrogens is 3. The first-order valence-corrected chi connectivity index (χ1v) is 7.11. The smallest absolute Gasteiger partial charge is 0.237 e. The lowest BCUT2D eigenvalue weighted by atomic mass is 10.2. The molecule has 0 aliphatic carbocycles.